The lowest BCUT2D eigenvalue weighted by Gasteiger charge is -2.32. The lowest BCUT2D eigenvalue weighted by atomic mass is 9.97. The molecule has 3 aromatic rings. The van der Waals surface area contributed by atoms with Crippen LogP contribution >= 0.6 is 0 Å². The number of rotatable bonds is 6. The van der Waals surface area contributed by atoms with Gasteiger partial charge in [-0.05, 0) is 48.1 Å². The molecule has 1 saturated heterocycles. The maximum atomic E-state index is 12.7. The Morgan fingerprint density at radius 3 is 2.48 bits per heavy atom. The third-order valence-electron chi connectivity index (χ3n) is 5.61. The number of furan rings is 1. The van der Waals surface area contributed by atoms with Crippen LogP contribution in [-0.2, 0) is 0 Å². The summed E-state index contributed by atoms with van der Waals surface area (Å²) in [6.45, 7) is 1.81. The summed E-state index contributed by atoms with van der Waals surface area (Å²) in [7, 11) is 1.50. The van der Waals surface area contributed by atoms with Crippen LogP contribution in [0.1, 0.15) is 33.8 Å². The van der Waals surface area contributed by atoms with Crippen LogP contribution in [0.2, 0.25) is 0 Å². The molecule has 4 rings (SSSR count). The van der Waals surface area contributed by atoms with Crippen LogP contribution in [-0.4, -0.2) is 43.5 Å². The molecular weight excluding hydrogens is 392 g/mol. The maximum absolute atomic E-state index is 12.7. The Bertz CT molecular complexity index is 1030. The first-order valence-electron chi connectivity index (χ1n) is 10.5. The van der Waals surface area contributed by atoms with E-state index in [-0.39, 0.29) is 23.5 Å². The van der Waals surface area contributed by atoms with Crippen LogP contribution in [0, 0.1) is 5.92 Å². The van der Waals surface area contributed by atoms with Crippen molar-refractivity contribution in [2.75, 3.05) is 26.7 Å². The molecular formula is C25H26N2O4. The van der Waals surface area contributed by atoms with E-state index in [9.17, 15) is 9.59 Å². The zero-order valence-electron chi connectivity index (χ0n) is 17.5. The average molecular weight is 418 g/mol. The van der Waals surface area contributed by atoms with Gasteiger partial charge in [-0.1, -0.05) is 42.5 Å². The van der Waals surface area contributed by atoms with Crippen molar-refractivity contribution in [2.24, 2.45) is 5.92 Å². The molecule has 1 N–H and O–H groups in total. The molecule has 6 nitrogen and oxygen atoms in total. The highest BCUT2D eigenvalue weighted by Gasteiger charge is 2.26. The molecule has 31 heavy (non-hydrogen) atoms. The van der Waals surface area contributed by atoms with Gasteiger partial charge in [0.05, 0.1) is 7.11 Å². The van der Waals surface area contributed by atoms with Crippen molar-refractivity contribution >= 4 is 11.8 Å². The van der Waals surface area contributed by atoms with E-state index in [1.807, 2.05) is 54.6 Å². The molecule has 1 unspecified atom stereocenters. The highest BCUT2D eigenvalue weighted by Crippen LogP contribution is 2.22. The Labute approximate surface area is 181 Å². The second-order valence-electron chi connectivity index (χ2n) is 7.74. The number of carbonyl (C=O) groups excluding carboxylic acids is 2. The molecule has 160 valence electrons. The van der Waals surface area contributed by atoms with Gasteiger partial charge in [-0.25, -0.2) is 0 Å². The number of benzene rings is 2. The topological polar surface area (TPSA) is 71.8 Å². The number of carbonyl (C=O) groups is 2. The molecule has 1 aliphatic rings. The molecule has 1 fully saturated rings. The second-order valence-corrected chi connectivity index (χ2v) is 7.74. The minimum Gasteiger partial charge on any atom is -0.468 e. The predicted octanol–water partition coefficient (Wildman–Crippen LogP) is 4.24. The van der Waals surface area contributed by atoms with Crippen molar-refractivity contribution in [3.8, 4) is 17.1 Å². The van der Waals surface area contributed by atoms with Gasteiger partial charge in [-0.15, -0.1) is 0 Å². The van der Waals surface area contributed by atoms with Crippen LogP contribution in [0.25, 0.3) is 11.1 Å². The molecule has 0 spiro atoms. The molecule has 2 amide bonds. The molecule has 0 bridgehead atoms. The smallest absolute Gasteiger partial charge is 0.289 e. The summed E-state index contributed by atoms with van der Waals surface area (Å²) < 4.78 is 10.4. The molecule has 2 aromatic carbocycles. The summed E-state index contributed by atoms with van der Waals surface area (Å²) in [5.41, 5.74) is 2.83. The first kappa shape index (κ1) is 20.7. The third-order valence-corrected chi connectivity index (χ3v) is 5.61. The van der Waals surface area contributed by atoms with Crippen molar-refractivity contribution < 1.29 is 18.7 Å². The fourth-order valence-corrected chi connectivity index (χ4v) is 3.90. The molecule has 0 aliphatic carbocycles. The third kappa shape index (κ3) is 4.97. The second kappa shape index (κ2) is 9.51. The van der Waals surface area contributed by atoms with Gasteiger partial charge in [0, 0.05) is 31.3 Å². The van der Waals surface area contributed by atoms with E-state index < -0.39 is 0 Å². The van der Waals surface area contributed by atoms with Gasteiger partial charge in [0.1, 0.15) is 0 Å². The summed E-state index contributed by atoms with van der Waals surface area (Å²) in [6.07, 6.45) is 1.87. The van der Waals surface area contributed by atoms with Crippen LogP contribution < -0.4 is 10.1 Å². The summed E-state index contributed by atoms with van der Waals surface area (Å²) in [5.74, 6) is 0.569. The van der Waals surface area contributed by atoms with Gasteiger partial charge in [0.15, 0.2) is 5.76 Å². The van der Waals surface area contributed by atoms with E-state index in [2.05, 4.69) is 5.32 Å². The summed E-state index contributed by atoms with van der Waals surface area (Å²) in [5, 5.41) is 3.02. The Morgan fingerprint density at radius 1 is 1.03 bits per heavy atom. The number of piperidine rings is 1. The van der Waals surface area contributed by atoms with Crippen LogP contribution in [0.3, 0.4) is 0 Å². The summed E-state index contributed by atoms with van der Waals surface area (Å²) in [6, 6.07) is 20.9. The molecule has 1 aromatic heterocycles. The molecule has 1 atom stereocenters. The molecule has 0 saturated carbocycles. The number of hydrogen-bond donors (Lipinski definition) is 1. The molecule has 2 heterocycles. The zero-order valence-corrected chi connectivity index (χ0v) is 17.5. The van der Waals surface area contributed by atoms with E-state index in [4.69, 9.17) is 9.15 Å². The van der Waals surface area contributed by atoms with Crippen molar-refractivity contribution in [1.29, 1.82) is 0 Å². The average Bonchev–Trinajstić information content (AvgIpc) is 3.32. The number of amides is 2. The van der Waals surface area contributed by atoms with Crippen LogP contribution in [0.5, 0.6) is 5.95 Å². The quantitative estimate of drug-likeness (QED) is 0.650. The monoisotopic (exact) mass is 418 g/mol. The highest BCUT2D eigenvalue weighted by atomic mass is 16.6. The number of hydrogen-bond acceptors (Lipinski definition) is 4. The number of ether oxygens (including phenoxy) is 1. The minimum atomic E-state index is -0.143. The van der Waals surface area contributed by atoms with E-state index in [0.29, 0.717) is 31.1 Å². The molecule has 6 heteroatoms. The Hall–Kier alpha value is -3.54. The van der Waals surface area contributed by atoms with E-state index in [0.717, 1.165) is 24.0 Å². The van der Waals surface area contributed by atoms with Gasteiger partial charge in [-0.3, -0.25) is 9.59 Å². The number of methoxy groups -OCH3 is 1. The Kier molecular flexibility index (Phi) is 6.36. The van der Waals surface area contributed by atoms with Gasteiger partial charge < -0.3 is 19.4 Å². The maximum Gasteiger partial charge on any atom is 0.289 e. The van der Waals surface area contributed by atoms with Crippen LogP contribution in [0.15, 0.2) is 71.1 Å². The van der Waals surface area contributed by atoms with Crippen molar-refractivity contribution in [1.82, 2.24) is 10.2 Å². The Balaban J connectivity index is 1.31. The lowest BCUT2D eigenvalue weighted by molar-refractivity contribution is 0.0633. The number of nitrogens with zero attached hydrogens (tertiary/aromatic N) is 1. The fourth-order valence-electron chi connectivity index (χ4n) is 3.90. The normalized spacial score (nSPS) is 16.0. The van der Waals surface area contributed by atoms with E-state index >= 15 is 0 Å². The number of nitrogens with one attached hydrogen (secondary N) is 1. The van der Waals surface area contributed by atoms with Gasteiger partial charge in [0.25, 0.3) is 17.8 Å². The summed E-state index contributed by atoms with van der Waals surface area (Å²) >= 11 is 0. The van der Waals surface area contributed by atoms with Gasteiger partial charge in [0.2, 0.25) is 0 Å². The van der Waals surface area contributed by atoms with Gasteiger partial charge >= 0.3 is 0 Å². The molecule has 1 aliphatic heterocycles. The van der Waals surface area contributed by atoms with Gasteiger partial charge in [-0.2, -0.15) is 0 Å². The Morgan fingerprint density at radius 2 is 1.77 bits per heavy atom. The fraction of sp³-hybridized carbons (Fsp3) is 0.280. The SMILES string of the molecule is COc1ccc(C(=O)N2CCCC(CNC(=O)c3ccc(-c4ccccc4)cc3)C2)o1. The summed E-state index contributed by atoms with van der Waals surface area (Å²) in [4.78, 5) is 27.0. The first-order chi connectivity index (χ1) is 15.1. The molecule has 0 radical (unpaired) electrons. The van der Waals surface area contributed by atoms with E-state index in [1.54, 1.807) is 17.0 Å². The highest BCUT2D eigenvalue weighted by molar-refractivity contribution is 5.94. The number of likely N-dealkylation sites (tertiary alicyclic amines) is 1. The standard InChI is InChI=1S/C25H26N2O4/c1-30-23-14-13-22(31-23)25(29)27-15-5-6-18(17-27)16-26-24(28)21-11-9-20(10-12-21)19-7-3-2-4-8-19/h2-4,7-14,18H,5-6,15-17H2,1H3,(H,26,28). The van der Waals surface area contributed by atoms with Crippen molar-refractivity contribution in [3.05, 3.63) is 78.1 Å². The zero-order chi connectivity index (χ0) is 21.6. The van der Waals surface area contributed by atoms with Crippen molar-refractivity contribution in [3.63, 3.8) is 0 Å². The first-order valence-corrected chi connectivity index (χ1v) is 10.5. The minimum absolute atomic E-state index is 0.0983. The van der Waals surface area contributed by atoms with Crippen LogP contribution in [0.4, 0.5) is 0 Å². The lowest BCUT2D eigenvalue weighted by Crippen LogP contribution is -2.43. The predicted molar refractivity (Wildman–Crippen MR) is 118 cm³/mol. The van der Waals surface area contributed by atoms with Crippen molar-refractivity contribution in [2.45, 2.75) is 12.8 Å². The largest absolute Gasteiger partial charge is 0.468 e. The van der Waals surface area contributed by atoms with E-state index in [1.165, 1.54) is 7.11 Å².